The van der Waals surface area contributed by atoms with Gasteiger partial charge in [0.25, 0.3) is 5.19 Å². The Labute approximate surface area is 307 Å². The average Bonchev–Trinajstić information content (AvgIpc) is 3.73. The Hall–Kier alpha value is -3.36. The summed E-state index contributed by atoms with van der Waals surface area (Å²) in [6.07, 6.45) is 9.03. The summed E-state index contributed by atoms with van der Waals surface area (Å²) in [5.41, 5.74) is 0.267. The van der Waals surface area contributed by atoms with Gasteiger partial charge in [-0.05, 0) is 57.6 Å². The van der Waals surface area contributed by atoms with E-state index in [4.69, 9.17) is 9.72 Å². The lowest BCUT2D eigenvalue weighted by Crippen LogP contribution is -2.56. The molecule has 5 atom stereocenters. The minimum Gasteiger partial charge on any atom is -0.465 e. The molecule has 0 bridgehead atoms. The maximum Gasteiger partial charge on any atom is 0.274 e. The molecule has 4 aliphatic rings. The number of fused-ring (bicyclic) bond motifs is 3. The fourth-order valence-corrected chi connectivity index (χ4v) is 10.6. The van der Waals surface area contributed by atoms with Crippen LogP contribution in [0.25, 0.3) is 10.2 Å². The molecule has 4 heterocycles. The number of ketones is 1. The van der Waals surface area contributed by atoms with E-state index >= 15 is 0 Å². The van der Waals surface area contributed by atoms with E-state index in [1.165, 1.54) is 22.7 Å². The van der Waals surface area contributed by atoms with Gasteiger partial charge < -0.3 is 20.3 Å². The molecule has 2 aliphatic heterocycles. The van der Waals surface area contributed by atoms with E-state index in [0.29, 0.717) is 36.0 Å². The van der Waals surface area contributed by atoms with Gasteiger partial charge in [0.15, 0.2) is 20.8 Å². The highest BCUT2D eigenvalue weighted by molar-refractivity contribution is 7.93. The first-order valence-electron chi connectivity index (χ1n) is 18.0. The van der Waals surface area contributed by atoms with Crippen LogP contribution in [0.2, 0.25) is 0 Å². The Kier molecular flexibility index (Phi) is 9.58. The number of hydrogen-bond acceptors (Lipinski definition) is 11. The predicted molar refractivity (Wildman–Crippen MR) is 200 cm³/mol. The van der Waals surface area contributed by atoms with E-state index in [1.54, 1.807) is 11.8 Å². The van der Waals surface area contributed by atoms with Crippen molar-refractivity contribution in [1.29, 1.82) is 0 Å². The highest BCUT2D eigenvalue weighted by Gasteiger charge is 2.62. The minimum atomic E-state index is -3.68. The van der Waals surface area contributed by atoms with Crippen molar-refractivity contribution in [3.8, 4) is 5.19 Å². The van der Waals surface area contributed by atoms with E-state index < -0.39 is 55.8 Å². The zero-order valence-electron chi connectivity index (χ0n) is 29.6. The molecule has 1 saturated heterocycles. The van der Waals surface area contributed by atoms with Gasteiger partial charge in [-0.25, -0.2) is 18.4 Å². The molecule has 274 valence electrons. The standard InChI is InChI=1S/C37H47N5O6S3/c1-35(2,3)29-21-49-33(40-29)38-26-14-9-7-5-6-8-12-23-19-37(23,30(43)22-51(46,47)36(4)16-17-36)41-31(44)27-18-24(20-42(27)32(26)45)48-34-39-25-13-10-11-15-28(25)50-34/h8,10-13,15,21,23-24,26-27H,5-7,9,14,16-20,22H2,1-4H3,(H,38,40)(H,41,44)/t23-,24-,26+,27+,37-/m1/s1. The Bertz CT molecular complexity index is 1930. The molecular weight excluding hydrogens is 707 g/mol. The molecule has 7 rings (SSSR count). The number of benzene rings is 1. The van der Waals surface area contributed by atoms with Crippen LogP contribution in [0, 0.1) is 5.92 Å². The molecule has 2 aromatic heterocycles. The molecule has 3 fully saturated rings. The summed E-state index contributed by atoms with van der Waals surface area (Å²) >= 11 is 2.87. The van der Waals surface area contributed by atoms with Crippen LogP contribution in [0.15, 0.2) is 41.8 Å². The summed E-state index contributed by atoms with van der Waals surface area (Å²) in [7, 11) is -3.68. The van der Waals surface area contributed by atoms with Gasteiger partial charge in [-0.15, -0.1) is 11.3 Å². The van der Waals surface area contributed by atoms with Gasteiger partial charge in [0, 0.05) is 23.1 Å². The van der Waals surface area contributed by atoms with Crippen LogP contribution in [0.4, 0.5) is 5.13 Å². The number of Topliss-reactive ketones (excluding diaryl/α,β-unsaturated/α-hetero) is 1. The normalized spacial score (nSPS) is 28.3. The summed E-state index contributed by atoms with van der Waals surface area (Å²) in [5.74, 6) is -2.11. The molecule has 2 saturated carbocycles. The van der Waals surface area contributed by atoms with Gasteiger partial charge in [0.1, 0.15) is 29.5 Å². The Morgan fingerprint density at radius 2 is 1.92 bits per heavy atom. The first kappa shape index (κ1) is 36.0. The topological polar surface area (TPSA) is 148 Å². The van der Waals surface area contributed by atoms with E-state index in [2.05, 4.69) is 36.4 Å². The molecule has 14 heteroatoms. The number of ether oxygens (including phenoxy) is 1. The maximum atomic E-state index is 14.6. The summed E-state index contributed by atoms with van der Waals surface area (Å²) in [6.45, 7) is 8.13. The third-order valence-electron chi connectivity index (χ3n) is 10.9. The number of hydrogen-bond donors (Lipinski definition) is 2. The van der Waals surface area contributed by atoms with E-state index in [1.807, 2.05) is 41.8 Å². The van der Waals surface area contributed by atoms with E-state index in [0.717, 1.165) is 41.6 Å². The fraction of sp³-hybridized carbons (Fsp3) is 0.595. The zero-order chi connectivity index (χ0) is 36.2. The SMILES string of the molecule is CC(C)(C)c1csc(N[C@H]2CCCCCC=C[C@@H]3C[C@@]3(C(=O)CS(=O)(=O)C3(C)CC3)NC(=O)[C@@H]3C[C@@H](Oc4nc5ccccc5s4)CN3C2=O)n1. The first-order chi connectivity index (χ1) is 24.2. The quantitative estimate of drug-likeness (QED) is 0.272. The Morgan fingerprint density at radius 1 is 1.14 bits per heavy atom. The van der Waals surface area contributed by atoms with Crippen molar-refractivity contribution in [1.82, 2.24) is 20.2 Å². The second-order valence-corrected chi connectivity index (χ2v) is 20.2. The number of amides is 2. The molecule has 2 amide bonds. The molecule has 1 aromatic carbocycles. The number of carbonyl (C=O) groups is 3. The lowest BCUT2D eigenvalue weighted by atomic mass is 9.93. The number of thiazole rings is 2. The van der Waals surface area contributed by atoms with E-state index in [9.17, 15) is 22.8 Å². The van der Waals surface area contributed by atoms with Crippen molar-refractivity contribution in [2.45, 2.75) is 119 Å². The highest BCUT2D eigenvalue weighted by atomic mass is 32.2. The van der Waals surface area contributed by atoms with Crippen molar-refractivity contribution in [3.63, 3.8) is 0 Å². The molecule has 2 N–H and O–H groups in total. The van der Waals surface area contributed by atoms with Crippen molar-refractivity contribution in [3.05, 3.63) is 47.5 Å². The van der Waals surface area contributed by atoms with Gasteiger partial charge >= 0.3 is 0 Å². The number of rotatable bonds is 8. The number of nitrogens with zero attached hydrogens (tertiary/aromatic N) is 3. The Balaban J connectivity index is 1.18. The van der Waals surface area contributed by atoms with Crippen LogP contribution in [0.1, 0.15) is 91.2 Å². The second-order valence-electron chi connectivity index (χ2n) is 15.9. The largest absolute Gasteiger partial charge is 0.465 e. The molecule has 3 aromatic rings. The number of sulfone groups is 1. The zero-order valence-corrected chi connectivity index (χ0v) is 32.1. The summed E-state index contributed by atoms with van der Waals surface area (Å²) < 4.78 is 32.9. The van der Waals surface area contributed by atoms with Crippen LogP contribution < -0.4 is 15.4 Å². The number of nitrogens with one attached hydrogen (secondary N) is 2. The van der Waals surface area contributed by atoms with Crippen LogP contribution >= 0.6 is 22.7 Å². The summed E-state index contributed by atoms with van der Waals surface area (Å²) in [5, 5.41) is 9.54. The number of aromatic nitrogens is 2. The first-order valence-corrected chi connectivity index (χ1v) is 21.3. The van der Waals surface area contributed by atoms with Crippen molar-refractivity contribution in [2.75, 3.05) is 17.6 Å². The third-order valence-corrected chi connectivity index (χ3v) is 15.1. The van der Waals surface area contributed by atoms with Crippen molar-refractivity contribution >= 4 is 65.5 Å². The third kappa shape index (κ3) is 7.46. The van der Waals surface area contributed by atoms with Crippen LogP contribution in [0.3, 0.4) is 0 Å². The lowest BCUT2D eigenvalue weighted by molar-refractivity contribution is -0.140. The van der Waals surface area contributed by atoms with Crippen molar-refractivity contribution in [2.24, 2.45) is 5.92 Å². The second kappa shape index (κ2) is 13.6. The Morgan fingerprint density at radius 3 is 2.65 bits per heavy atom. The number of carbonyl (C=O) groups excluding carboxylic acids is 3. The maximum absolute atomic E-state index is 14.6. The number of allylic oxidation sites excluding steroid dienone is 1. The molecule has 0 spiro atoms. The van der Waals surface area contributed by atoms with Crippen LogP contribution in [-0.4, -0.2) is 81.7 Å². The van der Waals surface area contributed by atoms with Gasteiger partial charge in [-0.2, -0.15) is 0 Å². The summed E-state index contributed by atoms with van der Waals surface area (Å²) in [6, 6.07) is 6.17. The monoisotopic (exact) mass is 753 g/mol. The fourth-order valence-electron chi connectivity index (χ4n) is 7.08. The van der Waals surface area contributed by atoms with E-state index in [-0.39, 0.29) is 30.2 Å². The smallest absolute Gasteiger partial charge is 0.274 e. The molecule has 0 radical (unpaired) electrons. The van der Waals surface area contributed by atoms with Gasteiger partial charge in [0.2, 0.25) is 11.8 Å². The van der Waals surface area contributed by atoms with Crippen LogP contribution in [0.5, 0.6) is 5.19 Å². The highest BCUT2D eigenvalue weighted by Crippen LogP contribution is 2.49. The molecule has 51 heavy (non-hydrogen) atoms. The summed E-state index contributed by atoms with van der Waals surface area (Å²) in [4.78, 5) is 53.9. The van der Waals surface area contributed by atoms with Gasteiger partial charge in [-0.1, -0.05) is 69.2 Å². The molecule has 2 aliphatic carbocycles. The van der Waals surface area contributed by atoms with Gasteiger partial charge in [-0.3, -0.25) is 14.4 Å². The predicted octanol–water partition coefficient (Wildman–Crippen LogP) is 5.81. The lowest BCUT2D eigenvalue weighted by Gasteiger charge is -2.30. The van der Waals surface area contributed by atoms with Crippen LogP contribution in [-0.2, 0) is 29.6 Å². The minimum absolute atomic E-state index is 0.150. The molecule has 0 unspecified atom stereocenters. The van der Waals surface area contributed by atoms with Crippen molar-refractivity contribution < 1.29 is 27.5 Å². The number of para-hydroxylation sites is 1. The molecule has 11 nitrogen and oxygen atoms in total. The van der Waals surface area contributed by atoms with Gasteiger partial charge in [0.05, 0.1) is 27.2 Å². The molecular formula is C37H47N5O6S3. The number of anilines is 1. The average molecular weight is 754 g/mol.